The number of carbonyl (C=O) groups excluding carboxylic acids is 1. The van der Waals surface area contributed by atoms with Crippen LogP contribution in [0.5, 0.6) is 0 Å². The van der Waals surface area contributed by atoms with Crippen LogP contribution in [0.15, 0.2) is 18.2 Å². The third-order valence-corrected chi connectivity index (χ3v) is 4.23. The van der Waals surface area contributed by atoms with Crippen molar-refractivity contribution in [3.63, 3.8) is 0 Å². The van der Waals surface area contributed by atoms with Gasteiger partial charge in [-0.2, -0.15) is 0 Å². The molecular weight excluding hydrogens is 311 g/mol. The van der Waals surface area contributed by atoms with E-state index in [-0.39, 0.29) is 12.0 Å². The smallest absolute Gasteiger partial charge is 0.221 e. The van der Waals surface area contributed by atoms with E-state index in [0.29, 0.717) is 29.6 Å². The Hall–Kier alpha value is -0.810. The molecule has 1 heterocycles. The molecule has 1 atom stereocenters. The second-order valence-electron chi connectivity index (χ2n) is 5.04. The average molecular weight is 331 g/mol. The number of morpholine rings is 1. The summed E-state index contributed by atoms with van der Waals surface area (Å²) >= 11 is 12.0. The zero-order chi connectivity index (χ0) is 15.2. The number of hydrogen-bond acceptors (Lipinski definition) is 3. The Morgan fingerprint density at radius 1 is 1.43 bits per heavy atom. The Labute approximate surface area is 135 Å². The molecule has 1 amide bonds. The number of rotatable bonds is 5. The van der Waals surface area contributed by atoms with Crippen LogP contribution in [-0.2, 0) is 9.53 Å². The van der Waals surface area contributed by atoms with Crippen molar-refractivity contribution in [2.45, 2.75) is 19.4 Å². The minimum absolute atomic E-state index is 0.0252. The van der Waals surface area contributed by atoms with Gasteiger partial charge < -0.3 is 10.1 Å². The molecule has 4 nitrogen and oxygen atoms in total. The van der Waals surface area contributed by atoms with E-state index in [1.54, 1.807) is 6.07 Å². The van der Waals surface area contributed by atoms with Crippen LogP contribution >= 0.6 is 23.2 Å². The molecule has 6 heteroatoms. The van der Waals surface area contributed by atoms with E-state index in [1.807, 2.05) is 19.1 Å². The van der Waals surface area contributed by atoms with Gasteiger partial charge in [-0.3, -0.25) is 9.69 Å². The molecular formula is C15H20Cl2N2O2. The first-order valence-electron chi connectivity index (χ1n) is 7.15. The summed E-state index contributed by atoms with van der Waals surface area (Å²) in [6.45, 7) is 5.60. The molecule has 1 aliphatic heterocycles. The lowest BCUT2D eigenvalue weighted by atomic mass is 10.1. The molecule has 1 fully saturated rings. The first kappa shape index (κ1) is 16.6. The van der Waals surface area contributed by atoms with Crippen LogP contribution in [0, 0.1) is 0 Å². The number of benzene rings is 1. The second kappa shape index (κ2) is 7.99. The lowest BCUT2D eigenvalue weighted by Crippen LogP contribution is -2.40. The molecule has 1 aliphatic rings. The van der Waals surface area contributed by atoms with Gasteiger partial charge >= 0.3 is 0 Å². The molecule has 1 unspecified atom stereocenters. The van der Waals surface area contributed by atoms with Crippen molar-refractivity contribution in [1.29, 1.82) is 0 Å². The fraction of sp³-hybridized carbons (Fsp3) is 0.533. The Kier molecular flexibility index (Phi) is 6.30. The van der Waals surface area contributed by atoms with Crippen molar-refractivity contribution >= 4 is 29.1 Å². The molecule has 0 aromatic heterocycles. The predicted molar refractivity (Wildman–Crippen MR) is 84.9 cm³/mol. The topological polar surface area (TPSA) is 41.6 Å². The van der Waals surface area contributed by atoms with Crippen LogP contribution in [0.1, 0.15) is 25.0 Å². The van der Waals surface area contributed by atoms with E-state index in [0.717, 1.165) is 25.2 Å². The number of nitrogens with one attached hydrogen (secondary N) is 1. The van der Waals surface area contributed by atoms with Crippen LogP contribution in [-0.4, -0.2) is 43.6 Å². The molecule has 1 saturated heterocycles. The highest BCUT2D eigenvalue weighted by Gasteiger charge is 2.22. The zero-order valence-electron chi connectivity index (χ0n) is 12.1. The number of nitrogens with zero attached hydrogens (tertiary/aromatic N) is 1. The molecule has 21 heavy (non-hydrogen) atoms. The SMILES string of the molecule is CCNC(=O)CCN1CCOC(c2ccc(Cl)c(Cl)c2)C1. The quantitative estimate of drug-likeness (QED) is 0.902. The normalized spacial score (nSPS) is 19.5. The van der Waals surface area contributed by atoms with Gasteiger partial charge in [-0.25, -0.2) is 0 Å². The van der Waals surface area contributed by atoms with Gasteiger partial charge in [0.25, 0.3) is 0 Å². The summed E-state index contributed by atoms with van der Waals surface area (Å²) in [5.41, 5.74) is 1.02. The Balaban J connectivity index is 1.91. The van der Waals surface area contributed by atoms with Crippen molar-refractivity contribution in [3.8, 4) is 0 Å². The van der Waals surface area contributed by atoms with E-state index in [2.05, 4.69) is 10.2 Å². The van der Waals surface area contributed by atoms with Crippen LogP contribution in [0.25, 0.3) is 0 Å². The maximum Gasteiger partial charge on any atom is 0.221 e. The minimum Gasteiger partial charge on any atom is -0.371 e. The molecule has 0 spiro atoms. The van der Waals surface area contributed by atoms with Gasteiger partial charge in [0.05, 0.1) is 22.8 Å². The lowest BCUT2D eigenvalue weighted by Gasteiger charge is -2.33. The molecule has 2 rings (SSSR count). The first-order valence-corrected chi connectivity index (χ1v) is 7.91. The van der Waals surface area contributed by atoms with Crippen LogP contribution in [0.2, 0.25) is 10.0 Å². The summed E-state index contributed by atoms with van der Waals surface area (Å²) in [5.74, 6) is 0.0927. The fourth-order valence-corrected chi connectivity index (χ4v) is 2.67. The average Bonchev–Trinajstić information content (AvgIpc) is 2.49. The number of halogens is 2. The molecule has 0 saturated carbocycles. The van der Waals surface area contributed by atoms with E-state index in [1.165, 1.54) is 0 Å². The summed E-state index contributed by atoms with van der Waals surface area (Å²) in [5, 5.41) is 3.90. The molecule has 0 radical (unpaired) electrons. The second-order valence-corrected chi connectivity index (χ2v) is 5.85. The molecule has 116 valence electrons. The monoisotopic (exact) mass is 330 g/mol. The van der Waals surface area contributed by atoms with Gasteiger partial charge in [0.15, 0.2) is 0 Å². The van der Waals surface area contributed by atoms with Crippen molar-refractivity contribution < 1.29 is 9.53 Å². The van der Waals surface area contributed by atoms with Crippen LogP contribution in [0.4, 0.5) is 0 Å². The third-order valence-electron chi connectivity index (χ3n) is 3.50. The maximum absolute atomic E-state index is 11.5. The molecule has 1 aromatic rings. The number of ether oxygens (including phenoxy) is 1. The van der Waals surface area contributed by atoms with Gasteiger partial charge in [-0.05, 0) is 24.6 Å². The highest BCUT2D eigenvalue weighted by Crippen LogP contribution is 2.29. The Morgan fingerprint density at radius 2 is 2.24 bits per heavy atom. The van der Waals surface area contributed by atoms with Crippen molar-refractivity contribution in [1.82, 2.24) is 10.2 Å². The minimum atomic E-state index is -0.0252. The zero-order valence-corrected chi connectivity index (χ0v) is 13.6. The molecule has 0 aliphatic carbocycles. The van der Waals surface area contributed by atoms with Gasteiger partial charge in [0.1, 0.15) is 0 Å². The number of carbonyl (C=O) groups is 1. The Bertz CT molecular complexity index is 497. The van der Waals surface area contributed by atoms with E-state index in [4.69, 9.17) is 27.9 Å². The van der Waals surface area contributed by atoms with E-state index in [9.17, 15) is 4.79 Å². The highest BCUT2D eigenvalue weighted by atomic mass is 35.5. The molecule has 1 aromatic carbocycles. The van der Waals surface area contributed by atoms with Crippen molar-refractivity contribution in [2.24, 2.45) is 0 Å². The van der Waals surface area contributed by atoms with Crippen LogP contribution in [0.3, 0.4) is 0 Å². The summed E-state index contributed by atoms with van der Waals surface area (Å²) in [6.07, 6.45) is 0.491. The first-order chi connectivity index (χ1) is 10.1. The fourth-order valence-electron chi connectivity index (χ4n) is 2.37. The summed E-state index contributed by atoms with van der Waals surface area (Å²) in [7, 11) is 0. The summed E-state index contributed by atoms with van der Waals surface area (Å²) in [6, 6.07) is 5.57. The maximum atomic E-state index is 11.5. The van der Waals surface area contributed by atoms with Gasteiger partial charge in [0, 0.05) is 32.6 Å². The van der Waals surface area contributed by atoms with Crippen molar-refractivity contribution in [3.05, 3.63) is 33.8 Å². The molecule has 1 N–H and O–H groups in total. The largest absolute Gasteiger partial charge is 0.371 e. The van der Waals surface area contributed by atoms with Gasteiger partial charge in [-0.15, -0.1) is 0 Å². The summed E-state index contributed by atoms with van der Waals surface area (Å²) < 4.78 is 5.80. The molecule has 0 bridgehead atoms. The van der Waals surface area contributed by atoms with E-state index >= 15 is 0 Å². The van der Waals surface area contributed by atoms with Gasteiger partial charge in [-0.1, -0.05) is 29.3 Å². The van der Waals surface area contributed by atoms with Crippen molar-refractivity contribution in [2.75, 3.05) is 32.8 Å². The summed E-state index contributed by atoms with van der Waals surface area (Å²) in [4.78, 5) is 13.8. The Morgan fingerprint density at radius 3 is 2.95 bits per heavy atom. The van der Waals surface area contributed by atoms with Crippen LogP contribution < -0.4 is 5.32 Å². The third kappa shape index (κ3) is 4.85. The lowest BCUT2D eigenvalue weighted by molar-refractivity contribution is -0.121. The standard InChI is InChI=1S/C15H20Cl2N2O2/c1-2-18-15(20)5-6-19-7-8-21-14(10-19)11-3-4-12(16)13(17)9-11/h3-4,9,14H,2,5-8,10H2,1H3,(H,18,20). The highest BCUT2D eigenvalue weighted by molar-refractivity contribution is 6.42. The number of hydrogen-bond donors (Lipinski definition) is 1. The van der Waals surface area contributed by atoms with E-state index < -0.39 is 0 Å². The van der Waals surface area contributed by atoms with Gasteiger partial charge in [0.2, 0.25) is 5.91 Å². The number of amides is 1. The predicted octanol–water partition coefficient (Wildman–Crippen LogP) is 2.89.